The van der Waals surface area contributed by atoms with Gasteiger partial charge in [-0.1, -0.05) is 13.8 Å². The molecule has 3 heterocycles. The summed E-state index contributed by atoms with van der Waals surface area (Å²) < 4.78 is 5.46. The van der Waals surface area contributed by atoms with Gasteiger partial charge in [0.1, 0.15) is 5.78 Å². The minimum Gasteiger partial charge on any atom is -0.478 e. The summed E-state index contributed by atoms with van der Waals surface area (Å²) in [5, 5.41) is 10.3. The molecule has 0 unspecified atom stereocenters. The van der Waals surface area contributed by atoms with Crippen molar-refractivity contribution >= 4 is 16.7 Å². The van der Waals surface area contributed by atoms with Crippen molar-refractivity contribution in [2.45, 2.75) is 46.1 Å². The van der Waals surface area contributed by atoms with Gasteiger partial charge < -0.3 is 14.8 Å². The van der Waals surface area contributed by atoms with Crippen LogP contribution in [0.2, 0.25) is 0 Å². The van der Waals surface area contributed by atoms with E-state index >= 15 is 0 Å². The van der Waals surface area contributed by atoms with Crippen LogP contribution in [-0.2, 0) is 11.2 Å². The molecular weight excluding hydrogens is 354 g/mol. The maximum Gasteiger partial charge on any atom is 0.213 e. The van der Waals surface area contributed by atoms with E-state index in [1.807, 2.05) is 45.0 Å². The predicted octanol–water partition coefficient (Wildman–Crippen LogP) is 4.18. The Bertz CT molecular complexity index is 951. The van der Waals surface area contributed by atoms with Crippen LogP contribution in [0.5, 0.6) is 5.88 Å². The fourth-order valence-corrected chi connectivity index (χ4v) is 3.30. The second-order valence-corrected chi connectivity index (χ2v) is 6.73. The number of aromatic nitrogens is 3. The van der Waals surface area contributed by atoms with E-state index < -0.39 is 0 Å². The molecule has 3 aromatic heterocycles. The van der Waals surface area contributed by atoms with Gasteiger partial charge in [-0.2, -0.15) is 0 Å². The van der Waals surface area contributed by atoms with E-state index in [0.717, 1.165) is 27.9 Å². The highest BCUT2D eigenvalue weighted by Crippen LogP contribution is 2.30. The summed E-state index contributed by atoms with van der Waals surface area (Å²) in [6.07, 6.45) is 4.67. The number of aliphatic hydroxyl groups is 1. The molecule has 1 fully saturated rings. The Morgan fingerprint density at radius 3 is 2.79 bits per heavy atom. The lowest BCUT2D eigenvalue weighted by Gasteiger charge is -2.29. The summed E-state index contributed by atoms with van der Waals surface area (Å²) in [7, 11) is 0. The SMILES string of the molecule is CC.CCOc1cc(-c2cc3cnc(CC(=O)C4CC(O)C4)cc3[nH]2)ccn1.[HH]. The lowest BCUT2D eigenvalue weighted by molar-refractivity contribution is -0.128. The standard InChI is InChI=1S/C20H21N3O3.C2H6.H2/c1-2-26-20-8-12(3-4-21-20)17-7-14-11-22-15(9-18(14)23-17)10-19(25)13-5-16(24)6-13;1-2;/h3-4,7-9,11,13,16,23-24H,2,5-6,10H2,1H3;1-2H3;1H. The van der Waals surface area contributed by atoms with Crippen LogP contribution in [0.15, 0.2) is 36.7 Å². The van der Waals surface area contributed by atoms with E-state index in [1.54, 1.807) is 12.4 Å². The van der Waals surface area contributed by atoms with E-state index in [4.69, 9.17) is 4.74 Å². The molecule has 0 amide bonds. The topological polar surface area (TPSA) is 88.1 Å². The van der Waals surface area contributed by atoms with Crippen molar-refractivity contribution in [2.75, 3.05) is 6.61 Å². The number of nitrogens with one attached hydrogen (secondary N) is 1. The van der Waals surface area contributed by atoms with Crippen molar-refractivity contribution in [3.05, 3.63) is 42.4 Å². The molecule has 2 N–H and O–H groups in total. The third kappa shape index (κ3) is 4.39. The average Bonchev–Trinajstić information content (AvgIpc) is 3.11. The Kier molecular flexibility index (Phi) is 6.41. The Balaban J connectivity index is 0.000000970. The van der Waals surface area contributed by atoms with Gasteiger partial charge in [-0.3, -0.25) is 9.78 Å². The van der Waals surface area contributed by atoms with E-state index in [1.165, 1.54) is 0 Å². The van der Waals surface area contributed by atoms with Crippen LogP contribution in [0.4, 0.5) is 0 Å². The average molecular weight is 383 g/mol. The third-order valence-corrected chi connectivity index (χ3v) is 4.82. The number of aliphatic hydroxyl groups excluding tert-OH is 1. The minimum absolute atomic E-state index is 0. The van der Waals surface area contributed by atoms with Crippen LogP contribution in [-0.4, -0.2) is 38.6 Å². The molecule has 0 bridgehead atoms. The summed E-state index contributed by atoms with van der Waals surface area (Å²) >= 11 is 0. The number of ketones is 1. The van der Waals surface area contributed by atoms with Crippen LogP contribution in [0.3, 0.4) is 0 Å². The number of ether oxygens (including phenoxy) is 1. The van der Waals surface area contributed by atoms with Crippen LogP contribution in [0.25, 0.3) is 22.2 Å². The van der Waals surface area contributed by atoms with Gasteiger partial charge in [0.2, 0.25) is 5.88 Å². The molecule has 6 nitrogen and oxygen atoms in total. The van der Waals surface area contributed by atoms with Gasteiger partial charge in [0, 0.05) is 60.1 Å². The number of nitrogens with zero attached hydrogens (tertiary/aromatic N) is 2. The highest BCUT2D eigenvalue weighted by atomic mass is 16.5. The largest absolute Gasteiger partial charge is 0.478 e. The predicted molar refractivity (Wildman–Crippen MR) is 111 cm³/mol. The zero-order chi connectivity index (χ0) is 20.1. The molecule has 1 aliphatic carbocycles. The van der Waals surface area contributed by atoms with Crippen LogP contribution in [0.1, 0.15) is 40.7 Å². The number of aromatic amines is 1. The van der Waals surface area contributed by atoms with Gasteiger partial charge in [0.25, 0.3) is 0 Å². The molecular formula is C22H29N3O3. The number of carbonyl (C=O) groups is 1. The van der Waals surface area contributed by atoms with E-state index in [-0.39, 0.29) is 19.2 Å². The molecule has 0 spiro atoms. The van der Waals surface area contributed by atoms with Crippen LogP contribution < -0.4 is 4.74 Å². The highest BCUT2D eigenvalue weighted by Gasteiger charge is 2.32. The van der Waals surface area contributed by atoms with Crippen LogP contribution in [0, 0.1) is 5.92 Å². The second kappa shape index (κ2) is 8.97. The highest BCUT2D eigenvalue weighted by molar-refractivity contribution is 5.88. The number of carbonyl (C=O) groups excluding carboxylic acids is 1. The van der Waals surface area contributed by atoms with Gasteiger partial charge in [-0.05, 0) is 38.0 Å². The fourth-order valence-electron chi connectivity index (χ4n) is 3.30. The van der Waals surface area contributed by atoms with Crippen molar-refractivity contribution in [1.82, 2.24) is 15.0 Å². The van der Waals surface area contributed by atoms with E-state index in [0.29, 0.717) is 31.7 Å². The zero-order valence-electron chi connectivity index (χ0n) is 16.6. The van der Waals surface area contributed by atoms with Gasteiger partial charge in [0.15, 0.2) is 0 Å². The summed E-state index contributed by atoms with van der Waals surface area (Å²) in [6, 6.07) is 7.78. The normalized spacial score (nSPS) is 18.1. The van der Waals surface area contributed by atoms with Crippen molar-refractivity contribution in [3.8, 4) is 17.1 Å². The Morgan fingerprint density at radius 2 is 2.07 bits per heavy atom. The maximum absolute atomic E-state index is 12.2. The van der Waals surface area contributed by atoms with E-state index in [2.05, 4.69) is 15.0 Å². The first-order valence-electron chi connectivity index (χ1n) is 9.90. The molecule has 3 aromatic rings. The molecule has 0 aromatic carbocycles. The van der Waals surface area contributed by atoms with Gasteiger partial charge >= 0.3 is 0 Å². The molecule has 150 valence electrons. The van der Waals surface area contributed by atoms with Crippen LogP contribution >= 0.6 is 0 Å². The van der Waals surface area contributed by atoms with Crippen molar-refractivity contribution < 1.29 is 16.1 Å². The number of pyridine rings is 2. The lowest BCUT2D eigenvalue weighted by Crippen LogP contribution is -2.35. The van der Waals surface area contributed by atoms with Crippen molar-refractivity contribution in [3.63, 3.8) is 0 Å². The number of hydrogen-bond acceptors (Lipinski definition) is 5. The smallest absolute Gasteiger partial charge is 0.213 e. The number of hydrogen-bond donors (Lipinski definition) is 2. The van der Waals surface area contributed by atoms with Gasteiger partial charge in [-0.15, -0.1) is 0 Å². The molecule has 0 radical (unpaired) electrons. The third-order valence-electron chi connectivity index (χ3n) is 4.82. The summed E-state index contributed by atoms with van der Waals surface area (Å²) in [5.41, 5.74) is 3.64. The Hall–Kier alpha value is -2.73. The fraction of sp³-hybridized carbons (Fsp3) is 0.409. The quantitative estimate of drug-likeness (QED) is 0.667. The number of rotatable bonds is 6. The zero-order valence-corrected chi connectivity index (χ0v) is 16.6. The first-order valence-corrected chi connectivity index (χ1v) is 9.90. The molecule has 4 rings (SSSR count). The molecule has 1 saturated carbocycles. The molecule has 0 atom stereocenters. The molecule has 6 heteroatoms. The first-order chi connectivity index (χ1) is 13.6. The first kappa shape index (κ1) is 20.0. The summed E-state index contributed by atoms with van der Waals surface area (Å²) in [4.78, 5) is 24.2. The van der Waals surface area contributed by atoms with Gasteiger partial charge in [-0.25, -0.2) is 4.98 Å². The number of fused-ring (bicyclic) bond motifs is 1. The summed E-state index contributed by atoms with van der Waals surface area (Å²) in [5.74, 6) is 0.732. The molecule has 1 aliphatic rings. The monoisotopic (exact) mass is 383 g/mol. The Morgan fingerprint density at radius 1 is 1.29 bits per heavy atom. The summed E-state index contributed by atoms with van der Waals surface area (Å²) in [6.45, 7) is 6.50. The molecule has 0 saturated heterocycles. The van der Waals surface area contributed by atoms with Gasteiger partial charge in [0.05, 0.1) is 12.7 Å². The van der Waals surface area contributed by atoms with Crippen molar-refractivity contribution in [1.29, 1.82) is 0 Å². The minimum atomic E-state index is -0.313. The molecule has 0 aliphatic heterocycles. The maximum atomic E-state index is 12.2. The number of H-pyrrole nitrogens is 1. The van der Waals surface area contributed by atoms with E-state index in [9.17, 15) is 9.90 Å². The molecule has 28 heavy (non-hydrogen) atoms. The number of Topliss-reactive ketones (excluding diaryl/α,β-unsaturated/α-hetero) is 1. The Labute approximate surface area is 166 Å². The lowest BCUT2D eigenvalue weighted by atomic mass is 9.78. The van der Waals surface area contributed by atoms with Crippen molar-refractivity contribution in [2.24, 2.45) is 5.92 Å². The second-order valence-electron chi connectivity index (χ2n) is 6.73.